The average molecular weight is 537 g/mol. The number of carbonyl (C=O) groups is 5. The molecule has 2 unspecified atom stereocenters. The Hall–Kier alpha value is -2.76. The monoisotopic (exact) mass is 537 g/mol. The van der Waals surface area contributed by atoms with Gasteiger partial charge < -0.3 is 35.3 Å². The zero-order chi connectivity index (χ0) is 26.2. The van der Waals surface area contributed by atoms with Crippen molar-refractivity contribution in [3.05, 3.63) is 35.9 Å². The molecule has 1 fully saturated rings. The van der Waals surface area contributed by atoms with Crippen LogP contribution < -0.4 is 50.8 Å². The Kier molecular flexibility index (Phi) is 11.7. The van der Waals surface area contributed by atoms with Gasteiger partial charge in [0.1, 0.15) is 12.6 Å². The second-order valence-electron chi connectivity index (χ2n) is 7.20. The van der Waals surface area contributed by atoms with Crippen LogP contribution in [0.2, 0.25) is 0 Å². The van der Waals surface area contributed by atoms with Crippen molar-refractivity contribution in [3.63, 3.8) is 0 Å². The summed E-state index contributed by atoms with van der Waals surface area (Å²) < 4.78 is 42.8. The van der Waals surface area contributed by atoms with Crippen LogP contribution in [0.3, 0.4) is 0 Å². The molecule has 1 aromatic rings. The number of hydrogen-bond donors (Lipinski definition) is 4. The molecule has 2 rings (SSSR count). The quantitative estimate of drug-likeness (QED) is 0.0909. The number of amides is 5. The number of β-lactam (4-membered cyclic amide) rings is 1. The molecule has 192 valence electrons. The minimum Gasteiger partial charge on any atom is -0.731 e. The summed E-state index contributed by atoms with van der Waals surface area (Å²) in [6.07, 6.45) is -1.46. The van der Waals surface area contributed by atoms with E-state index in [1.165, 1.54) is 7.05 Å². The fourth-order valence-corrected chi connectivity index (χ4v) is 3.58. The molecule has 1 saturated heterocycles. The van der Waals surface area contributed by atoms with Gasteiger partial charge in [-0.05, 0) is 5.56 Å². The van der Waals surface area contributed by atoms with Crippen molar-refractivity contribution in [3.8, 4) is 0 Å². The molecule has 0 bridgehead atoms. The van der Waals surface area contributed by atoms with E-state index in [0.717, 1.165) is 7.11 Å². The van der Waals surface area contributed by atoms with Gasteiger partial charge in [-0.3, -0.25) is 19.2 Å². The topological polar surface area (TPSA) is 212 Å². The third-order valence-electron chi connectivity index (χ3n) is 4.81. The summed E-state index contributed by atoms with van der Waals surface area (Å²) in [4.78, 5) is 60.6. The van der Waals surface area contributed by atoms with Gasteiger partial charge in [-0.1, -0.05) is 30.3 Å². The van der Waals surface area contributed by atoms with Crippen molar-refractivity contribution < 1.29 is 76.0 Å². The van der Waals surface area contributed by atoms with Crippen molar-refractivity contribution in [2.75, 3.05) is 27.2 Å². The van der Waals surface area contributed by atoms with E-state index in [4.69, 9.17) is 9.47 Å². The molecule has 4 N–H and O–H groups in total. The van der Waals surface area contributed by atoms with E-state index >= 15 is 0 Å². The van der Waals surface area contributed by atoms with Gasteiger partial charge in [-0.25, -0.2) is 17.5 Å². The Morgan fingerprint density at radius 2 is 1.81 bits per heavy atom. The van der Waals surface area contributed by atoms with E-state index < -0.39 is 71.3 Å². The van der Waals surface area contributed by atoms with Crippen LogP contribution in [-0.2, 0) is 45.6 Å². The number of ether oxygens (including phenoxy) is 2. The van der Waals surface area contributed by atoms with Gasteiger partial charge in [0.15, 0.2) is 10.3 Å². The van der Waals surface area contributed by atoms with Gasteiger partial charge in [0.25, 0.3) is 5.91 Å². The molecule has 5 amide bonds. The molecule has 17 heteroatoms. The predicted molar refractivity (Wildman–Crippen MR) is 115 cm³/mol. The van der Waals surface area contributed by atoms with E-state index in [2.05, 4.69) is 21.3 Å². The summed E-state index contributed by atoms with van der Waals surface area (Å²) in [5, 5.41) is 8.81. The zero-order valence-electron chi connectivity index (χ0n) is 19.7. The van der Waals surface area contributed by atoms with Gasteiger partial charge in [-0.2, -0.15) is 0 Å². The van der Waals surface area contributed by atoms with Gasteiger partial charge in [0, 0.05) is 14.2 Å². The minimum atomic E-state index is -5.07. The number of nitrogens with zero attached hydrogens (tertiary/aromatic N) is 1. The first-order chi connectivity index (χ1) is 16.4. The fourth-order valence-electron chi connectivity index (χ4n) is 2.89. The molecule has 1 heterocycles. The standard InChI is InChI=1S/C19H25N5O10S.Na/c1-20-14(25)8-13(22-18(29)34-10-12-6-4-3-5-7-12)16(27)21-9-15(26)23-19(33-2)11-24(17(19)28)35(30,31)32;/h3-7,13H,8-11H2,1-2H3,(H,20,25)(H,21,27)(H,22,29)(H,23,26)(H,30,31,32);/q;+1/p-1. The number of rotatable bonds is 11. The molecule has 36 heavy (non-hydrogen) atoms. The second-order valence-corrected chi connectivity index (χ2v) is 8.50. The first kappa shape index (κ1) is 31.3. The fraction of sp³-hybridized carbons (Fsp3) is 0.421. The van der Waals surface area contributed by atoms with E-state index in [9.17, 15) is 36.9 Å². The van der Waals surface area contributed by atoms with Crippen LogP contribution >= 0.6 is 0 Å². The molecule has 0 aliphatic carbocycles. The number of alkyl carbamates (subject to hydrolysis) is 1. The van der Waals surface area contributed by atoms with E-state index in [1.54, 1.807) is 30.3 Å². The second kappa shape index (κ2) is 13.5. The maximum Gasteiger partial charge on any atom is 1.00 e. The van der Waals surface area contributed by atoms with Crippen LogP contribution in [0.4, 0.5) is 4.79 Å². The Balaban J connectivity index is 0.00000648. The number of methoxy groups -OCH3 is 1. The van der Waals surface area contributed by atoms with E-state index in [0.29, 0.717) is 5.56 Å². The van der Waals surface area contributed by atoms with Crippen LogP contribution in [0.5, 0.6) is 0 Å². The average Bonchev–Trinajstić information content (AvgIpc) is 2.82. The molecular formula is C19H24N5NaO10S. The molecule has 1 aliphatic heterocycles. The SMILES string of the molecule is CNC(=O)CC(NC(=O)OCc1ccccc1)C(=O)NCC(=O)NC1(OC)CN(S(=O)(=O)[O-])C1=O.[Na+]. The maximum atomic E-state index is 12.5. The van der Waals surface area contributed by atoms with Crippen molar-refractivity contribution in [1.82, 2.24) is 25.6 Å². The predicted octanol–water partition coefficient (Wildman–Crippen LogP) is -5.70. The summed E-state index contributed by atoms with van der Waals surface area (Å²) in [5.74, 6) is -3.78. The van der Waals surface area contributed by atoms with Crippen molar-refractivity contribution in [2.24, 2.45) is 0 Å². The normalized spacial score (nSPS) is 17.5. The molecule has 0 spiro atoms. The molecule has 2 atom stereocenters. The first-order valence-electron chi connectivity index (χ1n) is 10.0. The van der Waals surface area contributed by atoms with E-state index in [1.807, 2.05) is 0 Å². The van der Waals surface area contributed by atoms with E-state index in [-0.39, 0.29) is 40.5 Å². The van der Waals surface area contributed by atoms with Gasteiger partial charge in [0.2, 0.25) is 23.4 Å². The summed E-state index contributed by atoms with van der Waals surface area (Å²) in [6.45, 7) is -1.57. The minimum absolute atomic E-state index is 0. The number of carbonyl (C=O) groups excluding carboxylic acids is 5. The molecule has 15 nitrogen and oxygen atoms in total. The molecule has 0 aromatic heterocycles. The van der Waals surface area contributed by atoms with Crippen LogP contribution in [-0.4, -0.2) is 86.0 Å². The first-order valence-corrected chi connectivity index (χ1v) is 11.4. The molecule has 0 saturated carbocycles. The Morgan fingerprint density at radius 3 is 2.33 bits per heavy atom. The third kappa shape index (κ3) is 8.42. The number of nitrogens with one attached hydrogen (secondary N) is 4. The summed E-state index contributed by atoms with van der Waals surface area (Å²) in [7, 11) is -2.74. The smallest absolute Gasteiger partial charge is 0.731 e. The van der Waals surface area contributed by atoms with Gasteiger partial charge in [0.05, 0.1) is 19.5 Å². The largest absolute Gasteiger partial charge is 1.00 e. The van der Waals surface area contributed by atoms with Crippen LogP contribution in [0.1, 0.15) is 12.0 Å². The Labute approximate surface area is 228 Å². The van der Waals surface area contributed by atoms with Crippen LogP contribution in [0.15, 0.2) is 30.3 Å². The number of hydrogen-bond acceptors (Lipinski definition) is 10. The molecule has 0 radical (unpaired) electrons. The number of benzene rings is 1. The summed E-state index contributed by atoms with van der Waals surface area (Å²) in [6, 6.07) is 7.28. The van der Waals surface area contributed by atoms with Crippen LogP contribution in [0, 0.1) is 0 Å². The van der Waals surface area contributed by atoms with Crippen molar-refractivity contribution in [1.29, 1.82) is 0 Å². The zero-order valence-corrected chi connectivity index (χ0v) is 22.5. The molecular weight excluding hydrogens is 513 g/mol. The molecule has 1 aliphatic rings. The Bertz CT molecular complexity index is 1090. The Morgan fingerprint density at radius 1 is 1.17 bits per heavy atom. The maximum absolute atomic E-state index is 12.5. The summed E-state index contributed by atoms with van der Waals surface area (Å²) in [5.41, 5.74) is -1.40. The van der Waals surface area contributed by atoms with Gasteiger partial charge >= 0.3 is 35.7 Å². The third-order valence-corrected chi connectivity index (χ3v) is 5.65. The van der Waals surface area contributed by atoms with Crippen molar-refractivity contribution >= 4 is 40.0 Å². The summed E-state index contributed by atoms with van der Waals surface area (Å²) >= 11 is 0. The van der Waals surface area contributed by atoms with Crippen molar-refractivity contribution in [2.45, 2.75) is 24.8 Å². The van der Waals surface area contributed by atoms with Crippen LogP contribution in [0.25, 0.3) is 0 Å². The van der Waals surface area contributed by atoms with Gasteiger partial charge in [-0.15, -0.1) is 0 Å². The molecule has 1 aromatic carbocycles.